The zero-order valence-corrected chi connectivity index (χ0v) is 13.4. The highest BCUT2D eigenvalue weighted by atomic mass is 35.5. The minimum Gasteiger partial charge on any atom is -0.484 e. The summed E-state index contributed by atoms with van der Waals surface area (Å²) in [6.45, 7) is 0.188. The average molecular weight is 339 g/mol. The number of carbonyl (C=O) groups excluding carboxylic acids is 1. The van der Waals surface area contributed by atoms with Gasteiger partial charge in [0.15, 0.2) is 6.61 Å². The van der Waals surface area contributed by atoms with E-state index in [-0.39, 0.29) is 17.6 Å². The van der Waals surface area contributed by atoms with Gasteiger partial charge in [-0.25, -0.2) is 0 Å². The number of ether oxygens (including phenoxy) is 1. The molecule has 1 aliphatic rings. The topological polar surface area (TPSA) is 65.2 Å². The summed E-state index contributed by atoms with van der Waals surface area (Å²) in [6, 6.07) is 7.05. The van der Waals surface area contributed by atoms with Gasteiger partial charge in [-0.3, -0.25) is 4.79 Å². The highest BCUT2D eigenvalue weighted by Crippen LogP contribution is 2.30. The summed E-state index contributed by atoms with van der Waals surface area (Å²) >= 11 is 7.16. The van der Waals surface area contributed by atoms with Gasteiger partial charge in [-0.05, 0) is 37.1 Å². The molecule has 1 saturated carbocycles. The zero-order valence-electron chi connectivity index (χ0n) is 11.8. The van der Waals surface area contributed by atoms with Crippen LogP contribution in [0.15, 0.2) is 33.9 Å². The largest absolute Gasteiger partial charge is 0.484 e. The average Bonchev–Trinajstić information content (AvgIpc) is 2.97. The van der Waals surface area contributed by atoms with Crippen molar-refractivity contribution in [3.8, 4) is 5.75 Å². The number of nitrogens with zero attached hydrogens (tertiary/aromatic N) is 2. The van der Waals surface area contributed by atoms with Gasteiger partial charge in [-0.1, -0.05) is 29.8 Å². The number of thioether (sulfide) groups is 1. The first-order chi connectivity index (χ1) is 10.7. The summed E-state index contributed by atoms with van der Waals surface area (Å²) in [4.78, 5) is 11.8. The van der Waals surface area contributed by atoms with Crippen molar-refractivity contribution < 1.29 is 13.9 Å². The van der Waals surface area contributed by atoms with Crippen LogP contribution in [0.5, 0.6) is 5.75 Å². The van der Waals surface area contributed by atoms with Crippen LogP contribution in [0.3, 0.4) is 0 Å². The van der Waals surface area contributed by atoms with Crippen molar-refractivity contribution in [1.82, 2.24) is 10.2 Å². The Morgan fingerprint density at radius 3 is 2.86 bits per heavy atom. The van der Waals surface area contributed by atoms with Gasteiger partial charge in [-0.15, -0.1) is 10.2 Å². The van der Waals surface area contributed by atoms with Gasteiger partial charge in [0.1, 0.15) is 11.5 Å². The fourth-order valence-electron chi connectivity index (χ4n) is 2.22. The Morgan fingerprint density at radius 1 is 1.27 bits per heavy atom. The zero-order chi connectivity index (χ0) is 15.4. The van der Waals surface area contributed by atoms with Gasteiger partial charge in [-0.2, -0.15) is 0 Å². The molecule has 1 heterocycles. The van der Waals surface area contributed by atoms with Crippen LogP contribution < -0.4 is 4.74 Å². The standard InChI is InChI=1S/C15H15ClN2O3S/c16-10-5-7-11(8-6-10)20-9-14-17-18-15(21-14)22-13-4-2-1-3-12(13)19/h5-8,13H,1-4,9H2. The maximum absolute atomic E-state index is 11.8. The fourth-order valence-corrected chi connectivity index (χ4v) is 3.35. The van der Waals surface area contributed by atoms with Crippen LogP contribution in [0.25, 0.3) is 0 Å². The number of halogens is 1. The quantitative estimate of drug-likeness (QED) is 0.823. The third-order valence-corrected chi connectivity index (χ3v) is 4.77. The van der Waals surface area contributed by atoms with Crippen LogP contribution in [0.2, 0.25) is 5.02 Å². The van der Waals surface area contributed by atoms with E-state index >= 15 is 0 Å². The number of Topliss-reactive ketones (excluding diaryl/α,β-unsaturated/α-hetero) is 1. The molecule has 0 N–H and O–H groups in total. The van der Waals surface area contributed by atoms with Gasteiger partial charge < -0.3 is 9.15 Å². The van der Waals surface area contributed by atoms with Crippen molar-refractivity contribution >= 4 is 29.1 Å². The summed E-state index contributed by atoms with van der Waals surface area (Å²) in [5.41, 5.74) is 0. The molecule has 0 aliphatic heterocycles. The summed E-state index contributed by atoms with van der Waals surface area (Å²) in [6.07, 6.45) is 3.59. The van der Waals surface area contributed by atoms with Crippen molar-refractivity contribution in [1.29, 1.82) is 0 Å². The lowest BCUT2D eigenvalue weighted by molar-refractivity contribution is -0.119. The molecular weight excluding hydrogens is 324 g/mol. The van der Waals surface area contributed by atoms with Crippen LogP contribution in [-0.4, -0.2) is 21.2 Å². The van der Waals surface area contributed by atoms with Crippen molar-refractivity contribution in [3.63, 3.8) is 0 Å². The first-order valence-corrected chi connectivity index (χ1v) is 8.36. The Balaban J connectivity index is 1.54. The van der Waals surface area contributed by atoms with Crippen LogP contribution >= 0.6 is 23.4 Å². The normalized spacial score (nSPS) is 18.4. The molecule has 0 saturated heterocycles. The number of rotatable bonds is 5. The molecule has 0 amide bonds. The molecule has 0 radical (unpaired) electrons. The Hall–Kier alpha value is -1.53. The first-order valence-electron chi connectivity index (χ1n) is 7.11. The fraction of sp³-hybridized carbons (Fsp3) is 0.400. The van der Waals surface area contributed by atoms with Gasteiger partial charge in [0.05, 0.1) is 5.25 Å². The van der Waals surface area contributed by atoms with E-state index in [1.165, 1.54) is 11.8 Å². The third kappa shape index (κ3) is 4.01. The minimum atomic E-state index is -0.0563. The predicted octanol–water partition coefficient (Wildman–Crippen LogP) is 3.91. The molecule has 116 valence electrons. The molecule has 2 aromatic rings. The Bertz CT molecular complexity index is 644. The molecular formula is C15H15ClN2O3S. The molecule has 1 aliphatic carbocycles. The second-order valence-electron chi connectivity index (χ2n) is 5.02. The summed E-state index contributed by atoms with van der Waals surface area (Å²) in [5.74, 6) is 1.34. The van der Waals surface area contributed by atoms with Crippen LogP contribution in [-0.2, 0) is 11.4 Å². The summed E-state index contributed by atoms with van der Waals surface area (Å²) < 4.78 is 11.1. The molecule has 7 heteroatoms. The van der Waals surface area contributed by atoms with Crippen LogP contribution in [0.4, 0.5) is 0 Å². The second kappa shape index (κ2) is 7.15. The van der Waals surface area contributed by atoms with Gasteiger partial charge in [0.25, 0.3) is 11.1 Å². The third-order valence-electron chi connectivity index (χ3n) is 3.37. The molecule has 1 aromatic heterocycles. The van der Waals surface area contributed by atoms with E-state index in [2.05, 4.69) is 10.2 Å². The van der Waals surface area contributed by atoms with Gasteiger partial charge in [0.2, 0.25) is 0 Å². The molecule has 1 fully saturated rings. The molecule has 0 bridgehead atoms. The first kappa shape index (κ1) is 15.4. The number of hydrogen-bond donors (Lipinski definition) is 0. The highest BCUT2D eigenvalue weighted by molar-refractivity contribution is 8.00. The smallest absolute Gasteiger partial charge is 0.277 e. The summed E-state index contributed by atoms with van der Waals surface area (Å²) in [5, 5.41) is 8.93. The van der Waals surface area contributed by atoms with Crippen LogP contribution in [0, 0.1) is 0 Å². The summed E-state index contributed by atoms with van der Waals surface area (Å²) in [7, 11) is 0. The second-order valence-corrected chi connectivity index (χ2v) is 6.61. The maximum Gasteiger partial charge on any atom is 0.277 e. The molecule has 5 nitrogen and oxygen atoms in total. The predicted molar refractivity (Wildman–Crippen MR) is 83.2 cm³/mol. The minimum absolute atomic E-state index is 0.0563. The number of ketones is 1. The molecule has 1 unspecified atom stereocenters. The van der Waals surface area contributed by atoms with Crippen molar-refractivity contribution in [2.45, 2.75) is 42.8 Å². The van der Waals surface area contributed by atoms with E-state index in [0.29, 0.717) is 28.3 Å². The van der Waals surface area contributed by atoms with Crippen molar-refractivity contribution in [3.05, 3.63) is 35.2 Å². The van der Waals surface area contributed by atoms with Gasteiger partial charge in [0, 0.05) is 11.4 Å². The SMILES string of the molecule is O=C1CCCCC1Sc1nnc(COc2ccc(Cl)cc2)o1. The highest BCUT2D eigenvalue weighted by Gasteiger charge is 2.25. The molecule has 3 rings (SSSR count). The molecule has 1 aromatic carbocycles. The number of benzene rings is 1. The number of aromatic nitrogens is 2. The number of carbonyl (C=O) groups is 1. The maximum atomic E-state index is 11.8. The van der Waals surface area contributed by atoms with Crippen molar-refractivity contribution in [2.24, 2.45) is 0 Å². The molecule has 1 atom stereocenters. The monoisotopic (exact) mass is 338 g/mol. The van der Waals surface area contributed by atoms with E-state index < -0.39 is 0 Å². The lowest BCUT2D eigenvalue weighted by Crippen LogP contribution is -2.21. The Morgan fingerprint density at radius 2 is 2.09 bits per heavy atom. The van der Waals surface area contributed by atoms with E-state index in [1.54, 1.807) is 24.3 Å². The van der Waals surface area contributed by atoms with E-state index in [9.17, 15) is 4.79 Å². The van der Waals surface area contributed by atoms with Crippen LogP contribution in [0.1, 0.15) is 31.6 Å². The lowest BCUT2D eigenvalue weighted by atomic mass is 9.99. The Labute approximate surface area is 137 Å². The molecule has 22 heavy (non-hydrogen) atoms. The molecule has 0 spiro atoms. The van der Waals surface area contributed by atoms with Crippen molar-refractivity contribution in [2.75, 3.05) is 0 Å². The van der Waals surface area contributed by atoms with E-state index in [1.807, 2.05) is 0 Å². The van der Waals surface area contributed by atoms with E-state index in [4.69, 9.17) is 20.8 Å². The Kier molecular flexibility index (Phi) is 5.00. The van der Waals surface area contributed by atoms with Gasteiger partial charge >= 0.3 is 0 Å². The van der Waals surface area contributed by atoms with E-state index in [0.717, 1.165) is 19.3 Å². The lowest BCUT2D eigenvalue weighted by Gasteiger charge is -2.17. The number of hydrogen-bond acceptors (Lipinski definition) is 6.